The van der Waals surface area contributed by atoms with Crippen molar-refractivity contribution in [3.05, 3.63) is 63.6 Å². The van der Waals surface area contributed by atoms with Crippen molar-refractivity contribution in [2.75, 3.05) is 6.54 Å². The van der Waals surface area contributed by atoms with Crippen molar-refractivity contribution in [2.24, 2.45) is 0 Å². The van der Waals surface area contributed by atoms with E-state index in [-0.39, 0.29) is 27.6 Å². The molecular formula is C16H12F2N4O4S. The zero-order chi connectivity index (χ0) is 19.6. The van der Waals surface area contributed by atoms with Gasteiger partial charge in [-0.15, -0.1) is 11.8 Å². The zero-order valence-electron chi connectivity index (χ0n) is 13.5. The van der Waals surface area contributed by atoms with Gasteiger partial charge >= 0.3 is 5.97 Å². The number of thioether (sulfide) groups is 1. The second-order valence-electron chi connectivity index (χ2n) is 5.33. The van der Waals surface area contributed by atoms with Crippen LogP contribution in [0.3, 0.4) is 0 Å². The number of nitrogens with one attached hydrogen (secondary N) is 2. The summed E-state index contributed by atoms with van der Waals surface area (Å²) in [6, 6.07) is 4.63. The summed E-state index contributed by atoms with van der Waals surface area (Å²) in [7, 11) is 0. The van der Waals surface area contributed by atoms with Gasteiger partial charge in [0.15, 0.2) is 11.1 Å². The highest BCUT2D eigenvalue weighted by molar-refractivity contribution is 7.98. The number of aromatic nitrogens is 3. The van der Waals surface area contributed by atoms with Gasteiger partial charge in [0, 0.05) is 17.4 Å². The lowest BCUT2D eigenvalue weighted by molar-refractivity contribution is -0.135. The number of amides is 1. The van der Waals surface area contributed by atoms with Crippen molar-refractivity contribution in [1.29, 1.82) is 0 Å². The molecule has 3 N–H and O–H groups in total. The van der Waals surface area contributed by atoms with Crippen LogP contribution in [0.15, 0.2) is 40.4 Å². The molecule has 0 radical (unpaired) electrons. The maximum absolute atomic E-state index is 13.8. The van der Waals surface area contributed by atoms with Crippen molar-refractivity contribution in [1.82, 2.24) is 19.9 Å². The zero-order valence-corrected chi connectivity index (χ0v) is 14.3. The minimum absolute atomic E-state index is 0.0260. The molecule has 140 valence electrons. The van der Waals surface area contributed by atoms with Gasteiger partial charge in [-0.05, 0) is 12.1 Å². The van der Waals surface area contributed by atoms with Gasteiger partial charge in [-0.2, -0.15) is 0 Å². The number of nitrogens with zero attached hydrogens (tertiary/aromatic N) is 2. The van der Waals surface area contributed by atoms with Crippen molar-refractivity contribution in [2.45, 2.75) is 10.8 Å². The predicted molar refractivity (Wildman–Crippen MR) is 91.7 cm³/mol. The summed E-state index contributed by atoms with van der Waals surface area (Å²) in [5, 5.41) is 13.7. The molecule has 11 heteroatoms. The minimum atomic E-state index is -1.26. The van der Waals surface area contributed by atoms with Crippen molar-refractivity contribution in [3.63, 3.8) is 0 Å². The number of aliphatic carboxylic acids is 1. The van der Waals surface area contributed by atoms with Gasteiger partial charge in [0.2, 0.25) is 0 Å². The van der Waals surface area contributed by atoms with E-state index in [4.69, 9.17) is 5.11 Å². The fourth-order valence-corrected chi connectivity index (χ4v) is 3.38. The molecule has 0 aliphatic carbocycles. The third-order valence-electron chi connectivity index (χ3n) is 3.58. The Morgan fingerprint density at radius 1 is 1.30 bits per heavy atom. The molecule has 2 heterocycles. The molecule has 0 bridgehead atoms. The first-order valence-electron chi connectivity index (χ1n) is 7.53. The summed E-state index contributed by atoms with van der Waals surface area (Å²) < 4.78 is 28.8. The van der Waals surface area contributed by atoms with Crippen LogP contribution in [0.2, 0.25) is 0 Å². The SMILES string of the molecule is O=C(O)CNC(=O)c1c(=O)cc(SCc2c(F)cccc2F)n2[nH]cnc12. The van der Waals surface area contributed by atoms with Crippen LogP contribution in [-0.2, 0) is 10.5 Å². The van der Waals surface area contributed by atoms with Gasteiger partial charge in [0.25, 0.3) is 5.91 Å². The smallest absolute Gasteiger partial charge is 0.322 e. The van der Waals surface area contributed by atoms with E-state index in [0.29, 0.717) is 0 Å². The quantitative estimate of drug-likeness (QED) is 0.545. The van der Waals surface area contributed by atoms with Crippen LogP contribution in [0.25, 0.3) is 5.65 Å². The highest BCUT2D eigenvalue weighted by atomic mass is 32.2. The largest absolute Gasteiger partial charge is 0.480 e. The molecule has 0 fully saturated rings. The number of carbonyl (C=O) groups is 2. The normalized spacial score (nSPS) is 10.9. The van der Waals surface area contributed by atoms with Crippen molar-refractivity contribution >= 4 is 29.3 Å². The summed E-state index contributed by atoms with van der Waals surface area (Å²) in [6.45, 7) is -0.655. The Morgan fingerprint density at radius 3 is 2.67 bits per heavy atom. The van der Waals surface area contributed by atoms with E-state index in [2.05, 4.69) is 15.4 Å². The average Bonchev–Trinajstić information content (AvgIpc) is 3.08. The molecule has 0 atom stereocenters. The van der Waals surface area contributed by atoms with Crippen LogP contribution in [0.5, 0.6) is 0 Å². The molecule has 0 aliphatic heterocycles. The van der Waals surface area contributed by atoms with Gasteiger partial charge in [0.05, 0.1) is 0 Å². The summed E-state index contributed by atoms with van der Waals surface area (Å²) in [5.74, 6) is -3.66. The second kappa shape index (κ2) is 7.58. The number of benzene rings is 1. The molecule has 0 saturated carbocycles. The highest BCUT2D eigenvalue weighted by Crippen LogP contribution is 2.25. The van der Waals surface area contributed by atoms with Crippen LogP contribution >= 0.6 is 11.8 Å². The van der Waals surface area contributed by atoms with Crippen LogP contribution in [-0.4, -0.2) is 38.1 Å². The number of rotatable bonds is 6. The Balaban J connectivity index is 1.94. The molecule has 0 saturated heterocycles. The van der Waals surface area contributed by atoms with Gasteiger partial charge in [-0.25, -0.2) is 18.3 Å². The predicted octanol–water partition coefficient (Wildman–Crippen LogP) is 1.41. The molecule has 1 amide bonds. The first-order chi connectivity index (χ1) is 12.9. The van der Waals surface area contributed by atoms with Gasteiger partial charge in [-0.3, -0.25) is 19.5 Å². The van der Waals surface area contributed by atoms with Gasteiger partial charge in [0.1, 0.15) is 35.1 Å². The maximum Gasteiger partial charge on any atom is 0.322 e. The number of carboxylic acid groups (broad SMARTS) is 1. The molecule has 8 nitrogen and oxygen atoms in total. The van der Waals surface area contributed by atoms with E-state index in [1.54, 1.807) is 0 Å². The molecule has 3 rings (SSSR count). The number of fused-ring (bicyclic) bond motifs is 1. The Morgan fingerprint density at radius 2 is 2.00 bits per heavy atom. The van der Waals surface area contributed by atoms with Crippen LogP contribution in [0, 0.1) is 11.6 Å². The summed E-state index contributed by atoms with van der Waals surface area (Å²) in [5.41, 5.74) is -1.20. The number of pyridine rings is 1. The number of hydrogen-bond acceptors (Lipinski definition) is 5. The number of H-pyrrole nitrogens is 1. The Labute approximate surface area is 154 Å². The van der Waals surface area contributed by atoms with E-state index in [9.17, 15) is 23.2 Å². The number of carbonyl (C=O) groups excluding carboxylic acids is 1. The maximum atomic E-state index is 13.8. The molecule has 3 aromatic rings. The Bertz CT molecular complexity index is 1080. The van der Waals surface area contributed by atoms with E-state index >= 15 is 0 Å². The lowest BCUT2D eigenvalue weighted by Gasteiger charge is -2.09. The molecule has 0 unspecified atom stereocenters. The Hall–Kier alpha value is -3.21. The monoisotopic (exact) mass is 394 g/mol. The molecule has 0 aliphatic rings. The highest BCUT2D eigenvalue weighted by Gasteiger charge is 2.20. The fourth-order valence-electron chi connectivity index (χ4n) is 2.35. The first-order valence-corrected chi connectivity index (χ1v) is 8.52. The van der Waals surface area contributed by atoms with Crippen LogP contribution in [0.4, 0.5) is 8.78 Å². The lowest BCUT2D eigenvalue weighted by Crippen LogP contribution is -2.33. The molecule has 27 heavy (non-hydrogen) atoms. The third kappa shape index (κ3) is 3.82. The van der Waals surface area contributed by atoms with E-state index in [1.807, 2.05) is 0 Å². The average molecular weight is 394 g/mol. The second-order valence-corrected chi connectivity index (χ2v) is 6.33. The van der Waals surface area contributed by atoms with Crippen LogP contribution < -0.4 is 10.7 Å². The molecule has 2 aromatic heterocycles. The standard InChI is InChI=1S/C16H12F2N4O4S/c17-9-2-1-3-10(18)8(9)6-27-12-4-11(23)14(15-20-7-21-22(12)15)16(26)19-5-13(24)25/h1-4,7H,5-6H2,(H,19,26)(H,20,21)(H,24,25). The third-order valence-corrected chi connectivity index (χ3v) is 4.61. The number of hydrogen-bond donors (Lipinski definition) is 3. The Kier molecular flexibility index (Phi) is 5.21. The summed E-state index contributed by atoms with van der Waals surface area (Å²) in [4.78, 5) is 39.0. The molecular weight excluding hydrogens is 382 g/mol. The topological polar surface area (TPSA) is 117 Å². The van der Waals surface area contributed by atoms with E-state index < -0.39 is 35.5 Å². The lowest BCUT2D eigenvalue weighted by atomic mass is 10.2. The van der Waals surface area contributed by atoms with Crippen molar-refractivity contribution in [3.8, 4) is 0 Å². The van der Waals surface area contributed by atoms with Gasteiger partial charge < -0.3 is 10.4 Å². The van der Waals surface area contributed by atoms with Crippen molar-refractivity contribution < 1.29 is 23.5 Å². The number of aromatic amines is 1. The summed E-state index contributed by atoms with van der Waals surface area (Å²) in [6.07, 6.45) is 1.23. The fraction of sp³-hybridized carbons (Fsp3) is 0.125. The van der Waals surface area contributed by atoms with E-state index in [0.717, 1.165) is 30.0 Å². The molecule has 0 spiro atoms. The van der Waals surface area contributed by atoms with E-state index in [1.165, 1.54) is 16.9 Å². The first kappa shape index (κ1) is 18.6. The van der Waals surface area contributed by atoms with Gasteiger partial charge in [-0.1, -0.05) is 6.07 Å². The number of halogens is 2. The minimum Gasteiger partial charge on any atom is -0.480 e. The number of carboxylic acids is 1. The summed E-state index contributed by atoms with van der Waals surface area (Å²) >= 11 is 0.975. The van der Waals surface area contributed by atoms with Crippen LogP contribution in [0.1, 0.15) is 15.9 Å². The molecule has 1 aromatic carbocycles.